The Morgan fingerprint density at radius 2 is 1.80 bits per heavy atom. The highest BCUT2D eigenvalue weighted by Gasteiger charge is 2.08. The van der Waals surface area contributed by atoms with Crippen LogP contribution in [0.1, 0.15) is 17.5 Å². The van der Waals surface area contributed by atoms with Crippen molar-refractivity contribution in [2.45, 2.75) is 19.4 Å². The van der Waals surface area contributed by atoms with E-state index in [1.54, 1.807) is 0 Å². The van der Waals surface area contributed by atoms with Gasteiger partial charge in [0.05, 0.1) is 6.42 Å². The molecule has 1 rings (SSSR count). The van der Waals surface area contributed by atoms with E-state index < -0.39 is 0 Å². The van der Waals surface area contributed by atoms with Gasteiger partial charge < -0.3 is 9.80 Å². The summed E-state index contributed by atoms with van der Waals surface area (Å²) in [6, 6.07) is 8.02. The molecular formula is C15H26N4O. The van der Waals surface area contributed by atoms with Crippen LogP contribution in [0.15, 0.2) is 24.3 Å². The van der Waals surface area contributed by atoms with Crippen LogP contribution in [0.25, 0.3) is 0 Å². The van der Waals surface area contributed by atoms with Crippen LogP contribution in [-0.2, 0) is 17.8 Å². The standard InChI is InChI=1S/C15H26N4O/c1-18(2)9-6-10-19(3)12-14-8-5-4-7-13(14)11-15(20)17-16/h4-5,7-8H,6,9-12,16H2,1-3H3,(H,17,20). The summed E-state index contributed by atoms with van der Waals surface area (Å²) in [6.45, 7) is 2.97. The molecule has 5 heteroatoms. The number of nitrogens with zero attached hydrogens (tertiary/aromatic N) is 2. The fraction of sp³-hybridized carbons (Fsp3) is 0.533. The quantitative estimate of drug-likeness (QED) is 0.415. The lowest BCUT2D eigenvalue weighted by molar-refractivity contribution is -0.120. The lowest BCUT2D eigenvalue weighted by Crippen LogP contribution is -2.32. The Morgan fingerprint density at radius 3 is 2.40 bits per heavy atom. The maximum absolute atomic E-state index is 11.4. The zero-order chi connectivity index (χ0) is 15.0. The van der Waals surface area contributed by atoms with Gasteiger partial charge in [-0.15, -0.1) is 0 Å². The number of hydrogen-bond donors (Lipinski definition) is 2. The van der Waals surface area contributed by atoms with Gasteiger partial charge in [0.25, 0.3) is 0 Å². The molecule has 0 saturated heterocycles. The van der Waals surface area contributed by atoms with Crippen LogP contribution in [-0.4, -0.2) is 49.9 Å². The zero-order valence-electron chi connectivity index (χ0n) is 12.7. The van der Waals surface area contributed by atoms with Crippen molar-refractivity contribution in [2.75, 3.05) is 34.2 Å². The van der Waals surface area contributed by atoms with Gasteiger partial charge in [0.15, 0.2) is 0 Å². The molecule has 0 saturated carbocycles. The summed E-state index contributed by atoms with van der Waals surface area (Å²) >= 11 is 0. The van der Waals surface area contributed by atoms with E-state index in [9.17, 15) is 4.79 Å². The van der Waals surface area contributed by atoms with Crippen LogP contribution in [0.3, 0.4) is 0 Å². The average Bonchev–Trinajstić information content (AvgIpc) is 2.40. The average molecular weight is 278 g/mol. The third-order valence-corrected chi connectivity index (χ3v) is 3.22. The smallest absolute Gasteiger partial charge is 0.238 e. The molecule has 0 bridgehead atoms. The van der Waals surface area contributed by atoms with Gasteiger partial charge in [-0.2, -0.15) is 0 Å². The molecule has 0 radical (unpaired) electrons. The monoisotopic (exact) mass is 278 g/mol. The van der Waals surface area contributed by atoms with Crippen LogP contribution in [0.2, 0.25) is 0 Å². The number of nitrogens with one attached hydrogen (secondary N) is 1. The van der Waals surface area contributed by atoms with E-state index in [4.69, 9.17) is 5.84 Å². The van der Waals surface area contributed by atoms with E-state index >= 15 is 0 Å². The Hall–Kier alpha value is -1.43. The molecule has 0 unspecified atom stereocenters. The van der Waals surface area contributed by atoms with Crippen molar-refractivity contribution in [3.8, 4) is 0 Å². The Morgan fingerprint density at radius 1 is 1.15 bits per heavy atom. The minimum Gasteiger partial charge on any atom is -0.309 e. The number of carbonyl (C=O) groups is 1. The van der Waals surface area contributed by atoms with Crippen molar-refractivity contribution in [1.82, 2.24) is 15.2 Å². The van der Waals surface area contributed by atoms with Crippen molar-refractivity contribution in [3.63, 3.8) is 0 Å². The molecule has 0 heterocycles. The molecule has 1 aromatic rings. The highest BCUT2D eigenvalue weighted by atomic mass is 16.2. The molecule has 1 amide bonds. The first-order valence-electron chi connectivity index (χ1n) is 6.92. The fourth-order valence-corrected chi connectivity index (χ4v) is 2.13. The first kappa shape index (κ1) is 16.6. The first-order chi connectivity index (χ1) is 9.52. The molecule has 0 atom stereocenters. The number of rotatable bonds is 8. The van der Waals surface area contributed by atoms with Crippen molar-refractivity contribution >= 4 is 5.91 Å². The third-order valence-electron chi connectivity index (χ3n) is 3.22. The van der Waals surface area contributed by atoms with Crippen molar-refractivity contribution in [2.24, 2.45) is 5.84 Å². The molecule has 5 nitrogen and oxygen atoms in total. The largest absolute Gasteiger partial charge is 0.309 e. The number of amides is 1. The van der Waals surface area contributed by atoms with Gasteiger partial charge in [-0.25, -0.2) is 5.84 Å². The lowest BCUT2D eigenvalue weighted by atomic mass is 10.0. The summed E-state index contributed by atoms with van der Waals surface area (Å²) in [4.78, 5) is 15.9. The molecule has 0 aliphatic carbocycles. The van der Waals surface area contributed by atoms with E-state index in [1.807, 2.05) is 18.2 Å². The Balaban J connectivity index is 2.55. The van der Waals surface area contributed by atoms with Gasteiger partial charge in [-0.05, 0) is 51.8 Å². The van der Waals surface area contributed by atoms with Crippen LogP contribution in [0, 0.1) is 0 Å². The summed E-state index contributed by atoms with van der Waals surface area (Å²) < 4.78 is 0. The summed E-state index contributed by atoms with van der Waals surface area (Å²) in [6.07, 6.45) is 1.47. The van der Waals surface area contributed by atoms with E-state index in [-0.39, 0.29) is 5.91 Å². The number of benzene rings is 1. The van der Waals surface area contributed by atoms with E-state index in [0.717, 1.165) is 31.6 Å². The maximum Gasteiger partial charge on any atom is 0.238 e. The molecule has 0 aliphatic rings. The van der Waals surface area contributed by atoms with Crippen LogP contribution in [0.5, 0.6) is 0 Å². The van der Waals surface area contributed by atoms with Crippen molar-refractivity contribution in [3.05, 3.63) is 35.4 Å². The van der Waals surface area contributed by atoms with Crippen LogP contribution < -0.4 is 11.3 Å². The normalized spacial score (nSPS) is 11.1. The molecule has 0 aliphatic heterocycles. The van der Waals surface area contributed by atoms with Gasteiger partial charge in [-0.1, -0.05) is 24.3 Å². The molecular weight excluding hydrogens is 252 g/mol. The number of nitrogens with two attached hydrogens (primary N) is 1. The Kier molecular flexibility index (Phi) is 7.22. The first-order valence-corrected chi connectivity index (χ1v) is 6.92. The van der Waals surface area contributed by atoms with E-state index in [2.05, 4.69) is 42.4 Å². The van der Waals surface area contributed by atoms with Gasteiger partial charge in [0.1, 0.15) is 0 Å². The molecule has 0 spiro atoms. The number of hydrogen-bond acceptors (Lipinski definition) is 4. The maximum atomic E-state index is 11.4. The van der Waals surface area contributed by atoms with Crippen LogP contribution in [0.4, 0.5) is 0 Å². The van der Waals surface area contributed by atoms with Gasteiger partial charge in [0, 0.05) is 6.54 Å². The minimum atomic E-state index is -0.160. The number of hydrazine groups is 1. The van der Waals surface area contributed by atoms with Gasteiger partial charge >= 0.3 is 0 Å². The predicted molar refractivity (Wildman–Crippen MR) is 82.0 cm³/mol. The highest BCUT2D eigenvalue weighted by molar-refractivity contribution is 5.78. The van der Waals surface area contributed by atoms with E-state index in [1.165, 1.54) is 5.56 Å². The predicted octanol–water partition coefficient (Wildman–Crippen LogP) is 0.603. The van der Waals surface area contributed by atoms with Gasteiger partial charge in [-0.3, -0.25) is 10.2 Å². The van der Waals surface area contributed by atoms with Crippen molar-refractivity contribution in [1.29, 1.82) is 0 Å². The zero-order valence-corrected chi connectivity index (χ0v) is 12.7. The second-order valence-electron chi connectivity index (χ2n) is 5.41. The van der Waals surface area contributed by atoms with Gasteiger partial charge in [0.2, 0.25) is 5.91 Å². The minimum absolute atomic E-state index is 0.160. The van der Waals surface area contributed by atoms with E-state index in [0.29, 0.717) is 6.42 Å². The third kappa shape index (κ3) is 6.14. The van der Waals surface area contributed by atoms with Crippen molar-refractivity contribution < 1.29 is 4.79 Å². The number of carbonyl (C=O) groups excluding carboxylic acids is 1. The summed E-state index contributed by atoms with van der Waals surface area (Å²) in [5.41, 5.74) is 4.40. The molecule has 0 aromatic heterocycles. The Bertz CT molecular complexity index is 420. The lowest BCUT2D eigenvalue weighted by Gasteiger charge is -2.19. The molecule has 112 valence electrons. The fourth-order valence-electron chi connectivity index (χ4n) is 2.13. The Labute approximate surface area is 121 Å². The SMILES string of the molecule is CN(C)CCCN(C)Cc1ccccc1CC(=O)NN. The second-order valence-corrected chi connectivity index (χ2v) is 5.41. The molecule has 20 heavy (non-hydrogen) atoms. The second kappa shape index (κ2) is 8.68. The topological polar surface area (TPSA) is 61.6 Å². The molecule has 1 aromatic carbocycles. The van der Waals surface area contributed by atoms with Crippen LogP contribution >= 0.6 is 0 Å². The summed E-state index contributed by atoms with van der Waals surface area (Å²) in [5.74, 6) is 4.99. The molecule has 3 N–H and O–H groups in total. The summed E-state index contributed by atoms with van der Waals surface area (Å²) in [5, 5.41) is 0. The molecule has 0 fully saturated rings. The summed E-state index contributed by atoms with van der Waals surface area (Å²) in [7, 11) is 6.27. The highest BCUT2D eigenvalue weighted by Crippen LogP contribution is 2.12.